The number of carbonyl (C=O) groups excluding carboxylic acids is 1. The number of benzene rings is 1. The van der Waals surface area contributed by atoms with Crippen LogP contribution in [0.4, 0.5) is 4.39 Å². The Balaban J connectivity index is 2.16. The summed E-state index contributed by atoms with van der Waals surface area (Å²) in [5, 5.41) is 2.65. The lowest BCUT2D eigenvalue weighted by Crippen LogP contribution is -2.31. The molecule has 21 heavy (non-hydrogen) atoms. The third kappa shape index (κ3) is 3.28. The van der Waals surface area contributed by atoms with Crippen LogP contribution in [0.15, 0.2) is 41.3 Å². The topological polar surface area (TPSA) is 71.2 Å². The summed E-state index contributed by atoms with van der Waals surface area (Å²) in [7, 11) is 1.38. The zero-order valence-electron chi connectivity index (χ0n) is 11.6. The van der Waals surface area contributed by atoms with E-state index in [-0.39, 0.29) is 11.3 Å². The Hall–Kier alpha value is -2.63. The van der Waals surface area contributed by atoms with E-state index in [9.17, 15) is 14.0 Å². The zero-order chi connectivity index (χ0) is 15.4. The number of hydrogen-bond acceptors (Lipinski definition) is 3. The fourth-order valence-corrected chi connectivity index (χ4v) is 1.91. The normalized spacial score (nSPS) is 11.8. The molecule has 5 nitrogen and oxygen atoms in total. The molecule has 1 aromatic heterocycles. The van der Waals surface area contributed by atoms with E-state index in [1.54, 1.807) is 19.1 Å². The molecule has 0 aliphatic carbocycles. The van der Waals surface area contributed by atoms with Gasteiger partial charge in [-0.1, -0.05) is 6.07 Å². The van der Waals surface area contributed by atoms with Crippen LogP contribution in [0.25, 0.3) is 0 Å². The van der Waals surface area contributed by atoms with Crippen molar-refractivity contribution in [2.75, 3.05) is 7.11 Å². The molecule has 1 aromatic carbocycles. The van der Waals surface area contributed by atoms with Crippen LogP contribution >= 0.6 is 0 Å². The number of methoxy groups -OCH3 is 1. The minimum absolute atomic E-state index is 0.0123. The van der Waals surface area contributed by atoms with E-state index < -0.39 is 23.3 Å². The minimum atomic E-state index is -0.513. The van der Waals surface area contributed by atoms with Gasteiger partial charge in [0, 0.05) is 6.20 Å². The molecular weight excluding hydrogens is 275 g/mol. The number of H-pyrrole nitrogens is 1. The van der Waals surface area contributed by atoms with Crippen molar-refractivity contribution in [1.82, 2.24) is 10.3 Å². The Labute approximate surface area is 120 Å². The van der Waals surface area contributed by atoms with Crippen molar-refractivity contribution in [3.63, 3.8) is 0 Å². The van der Waals surface area contributed by atoms with Crippen LogP contribution in [-0.2, 0) is 0 Å². The van der Waals surface area contributed by atoms with Crippen LogP contribution in [0.5, 0.6) is 5.75 Å². The number of halogens is 1. The van der Waals surface area contributed by atoms with Crippen molar-refractivity contribution in [3.05, 3.63) is 63.8 Å². The Kier molecular flexibility index (Phi) is 4.37. The third-order valence-electron chi connectivity index (χ3n) is 3.09. The van der Waals surface area contributed by atoms with Crippen LogP contribution in [0.3, 0.4) is 0 Å². The number of hydrogen-bond donors (Lipinski definition) is 2. The number of ether oxygens (including phenoxy) is 1. The summed E-state index contributed by atoms with van der Waals surface area (Å²) in [5.74, 6) is -0.883. The third-order valence-corrected chi connectivity index (χ3v) is 3.09. The first kappa shape index (κ1) is 14.8. The van der Waals surface area contributed by atoms with E-state index in [1.807, 2.05) is 0 Å². The Bertz CT molecular complexity index is 712. The first-order chi connectivity index (χ1) is 10.0. The second kappa shape index (κ2) is 6.21. The fraction of sp³-hybridized carbons (Fsp3) is 0.200. The van der Waals surface area contributed by atoms with E-state index in [4.69, 9.17) is 4.74 Å². The smallest absolute Gasteiger partial charge is 0.260 e. The van der Waals surface area contributed by atoms with E-state index in [0.717, 1.165) is 0 Å². The van der Waals surface area contributed by atoms with Gasteiger partial charge in [0.2, 0.25) is 0 Å². The summed E-state index contributed by atoms with van der Waals surface area (Å²) in [6, 6.07) is 6.98. The monoisotopic (exact) mass is 290 g/mol. The summed E-state index contributed by atoms with van der Waals surface area (Å²) in [4.78, 5) is 26.0. The molecule has 1 heterocycles. The Morgan fingerprint density at radius 1 is 1.38 bits per heavy atom. The van der Waals surface area contributed by atoms with E-state index >= 15 is 0 Å². The fourth-order valence-electron chi connectivity index (χ4n) is 1.91. The van der Waals surface area contributed by atoms with Gasteiger partial charge < -0.3 is 15.0 Å². The lowest BCUT2D eigenvalue weighted by Gasteiger charge is -2.15. The van der Waals surface area contributed by atoms with Crippen molar-refractivity contribution in [2.24, 2.45) is 0 Å². The van der Waals surface area contributed by atoms with Crippen LogP contribution in [-0.4, -0.2) is 18.0 Å². The second-order valence-corrected chi connectivity index (χ2v) is 4.50. The van der Waals surface area contributed by atoms with Gasteiger partial charge in [0.1, 0.15) is 5.56 Å². The number of aromatic amines is 1. The van der Waals surface area contributed by atoms with Gasteiger partial charge in [-0.05, 0) is 36.8 Å². The van der Waals surface area contributed by atoms with Gasteiger partial charge in [-0.3, -0.25) is 9.59 Å². The number of amides is 1. The molecule has 0 bridgehead atoms. The predicted molar refractivity (Wildman–Crippen MR) is 75.9 cm³/mol. The molecule has 0 radical (unpaired) electrons. The maximum atomic E-state index is 13.6. The Morgan fingerprint density at radius 3 is 2.76 bits per heavy atom. The van der Waals surface area contributed by atoms with E-state index in [1.165, 1.54) is 31.5 Å². The number of carbonyl (C=O) groups is 1. The van der Waals surface area contributed by atoms with Crippen molar-refractivity contribution in [2.45, 2.75) is 13.0 Å². The van der Waals surface area contributed by atoms with Crippen LogP contribution < -0.4 is 15.6 Å². The molecule has 0 aliphatic rings. The summed E-state index contributed by atoms with van der Waals surface area (Å²) < 4.78 is 18.5. The van der Waals surface area contributed by atoms with Crippen molar-refractivity contribution in [1.29, 1.82) is 0 Å². The summed E-state index contributed by atoms with van der Waals surface area (Å²) in [5.41, 5.74) is 0.121. The summed E-state index contributed by atoms with van der Waals surface area (Å²) >= 11 is 0. The van der Waals surface area contributed by atoms with Crippen molar-refractivity contribution >= 4 is 5.91 Å². The Morgan fingerprint density at radius 2 is 2.14 bits per heavy atom. The average molecular weight is 290 g/mol. The number of nitrogens with one attached hydrogen (secondary N) is 2. The highest BCUT2D eigenvalue weighted by Crippen LogP contribution is 2.21. The van der Waals surface area contributed by atoms with Crippen molar-refractivity contribution < 1.29 is 13.9 Å². The van der Waals surface area contributed by atoms with Crippen LogP contribution in [0.2, 0.25) is 0 Å². The molecule has 0 aliphatic heterocycles. The van der Waals surface area contributed by atoms with Gasteiger partial charge in [0.05, 0.1) is 13.2 Å². The lowest BCUT2D eigenvalue weighted by atomic mass is 10.1. The first-order valence-electron chi connectivity index (χ1n) is 6.35. The maximum absolute atomic E-state index is 13.6. The molecule has 0 saturated heterocycles. The van der Waals surface area contributed by atoms with Gasteiger partial charge in [-0.15, -0.1) is 0 Å². The highest BCUT2D eigenvalue weighted by Gasteiger charge is 2.15. The quantitative estimate of drug-likeness (QED) is 0.905. The zero-order valence-corrected chi connectivity index (χ0v) is 11.6. The molecule has 2 rings (SSSR count). The number of rotatable bonds is 4. The molecule has 1 atom stereocenters. The molecule has 0 fully saturated rings. The van der Waals surface area contributed by atoms with Crippen molar-refractivity contribution in [3.8, 4) is 5.75 Å². The predicted octanol–water partition coefficient (Wildman–Crippen LogP) is 2.01. The second-order valence-electron chi connectivity index (χ2n) is 4.50. The van der Waals surface area contributed by atoms with E-state index in [2.05, 4.69) is 10.3 Å². The molecule has 0 saturated carbocycles. The number of pyridine rings is 1. The molecule has 1 amide bonds. The molecule has 6 heteroatoms. The minimum Gasteiger partial charge on any atom is -0.494 e. The molecule has 0 spiro atoms. The van der Waals surface area contributed by atoms with Gasteiger partial charge in [0.15, 0.2) is 11.6 Å². The van der Waals surface area contributed by atoms with Gasteiger partial charge >= 0.3 is 0 Å². The van der Waals surface area contributed by atoms with Gasteiger partial charge in [-0.2, -0.15) is 0 Å². The maximum Gasteiger partial charge on any atom is 0.260 e. The SMILES string of the molecule is COc1ccc(C(C)NC(=O)c2ccc[nH]c2=O)cc1F. The molecular formula is C15H15FN2O3. The summed E-state index contributed by atoms with van der Waals surface area (Å²) in [6.45, 7) is 1.70. The standard InChI is InChI=1S/C15H15FN2O3/c1-9(10-5-6-13(21-2)12(16)8-10)18-15(20)11-4-3-7-17-14(11)19/h3-9H,1-2H3,(H,17,19)(H,18,20). The largest absolute Gasteiger partial charge is 0.494 e. The average Bonchev–Trinajstić information content (AvgIpc) is 2.47. The molecule has 110 valence electrons. The lowest BCUT2D eigenvalue weighted by molar-refractivity contribution is 0.0938. The molecule has 1 unspecified atom stereocenters. The highest BCUT2D eigenvalue weighted by molar-refractivity contribution is 5.93. The molecule has 2 aromatic rings. The van der Waals surface area contributed by atoms with Crippen LogP contribution in [0.1, 0.15) is 28.9 Å². The number of aromatic nitrogens is 1. The molecule has 2 N–H and O–H groups in total. The summed E-state index contributed by atoms with van der Waals surface area (Å²) in [6.07, 6.45) is 1.45. The first-order valence-corrected chi connectivity index (χ1v) is 6.35. The van der Waals surface area contributed by atoms with Gasteiger partial charge in [0.25, 0.3) is 11.5 Å². The van der Waals surface area contributed by atoms with Gasteiger partial charge in [-0.25, -0.2) is 4.39 Å². The van der Waals surface area contributed by atoms with Crippen LogP contribution in [0, 0.1) is 5.82 Å². The highest BCUT2D eigenvalue weighted by atomic mass is 19.1. The van der Waals surface area contributed by atoms with E-state index in [0.29, 0.717) is 5.56 Å².